The Bertz CT molecular complexity index is 481. The zero-order valence-corrected chi connectivity index (χ0v) is 10.5. The molecule has 1 heterocycles. The summed E-state index contributed by atoms with van der Waals surface area (Å²) in [5.41, 5.74) is 1.06. The van der Waals surface area contributed by atoms with E-state index in [2.05, 4.69) is 15.0 Å². The van der Waals surface area contributed by atoms with Crippen molar-refractivity contribution in [3.05, 3.63) is 23.4 Å². The van der Waals surface area contributed by atoms with E-state index in [0.717, 1.165) is 12.8 Å². The van der Waals surface area contributed by atoms with Gasteiger partial charge in [0, 0.05) is 12.1 Å². The van der Waals surface area contributed by atoms with Crippen molar-refractivity contribution in [3.63, 3.8) is 0 Å². The van der Waals surface area contributed by atoms with Gasteiger partial charge in [0.25, 0.3) is 0 Å². The van der Waals surface area contributed by atoms with Gasteiger partial charge < -0.3 is 10.1 Å². The van der Waals surface area contributed by atoms with Crippen LogP contribution in [0, 0.1) is 12.8 Å². The van der Waals surface area contributed by atoms with Gasteiger partial charge in [-0.1, -0.05) is 0 Å². The average Bonchev–Trinajstić information content (AvgIpc) is 3.10. The summed E-state index contributed by atoms with van der Waals surface area (Å²) in [7, 11) is 1.32. The number of ether oxygens (including phenoxy) is 1. The number of hydrogen-bond acceptors (Lipinski definition) is 4. The number of aryl methyl sites for hydroxylation is 1. The van der Waals surface area contributed by atoms with Gasteiger partial charge in [0.2, 0.25) is 5.91 Å². The number of carbonyl (C=O) groups is 2. The van der Waals surface area contributed by atoms with Crippen molar-refractivity contribution >= 4 is 17.7 Å². The fourth-order valence-corrected chi connectivity index (χ4v) is 1.75. The maximum atomic E-state index is 11.7. The van der Waals surface area contributed by atoms with Gasteiger partial charge in [0.05, 0.1) is 12.7 Å². The second-order valence-corrected chi connectivity index (χ2v) is 4.57. The van der Waals surface area contributed by atoms with Crippen LogP contribution in [0.15, 0.2) is 12.1 Å². The molecule has 0 bridgehead atoms. The van der Waals surface area contributed by atoms with Crippen LogP contribution in [-0.4, -0.2) is 24.0 Å². The lowest BCUT2D eigenvalue weighted by molar-refractivity contribution is -0.116. The molecular formula is C13H16N2O3. The summed E-state index contributed by atoms with van der Waals surface area (Å²) in [5.74, 6) is 0.445. The zero-order valence-electron chi connectivity index (χ0n) is 10.5. The molecule has 0 spiro atoms. The molecule has 1 saturated carbocycles. The zero-order chi connectivity index (χ0) is 13.1. The van der Waals surface area contributed by atoms with Crippen molar-refractivity contribution in [2.24, 2.45) is 5.92 Å². The lowest BCUT2D eigenvalue weighted by Gasteiger charge is -2.07. The monoisotopic (exact) mass is 248 g/mol. The van der Waals surface area contributed by atoms with Crippen molar-refractivity contribution in [2.75, 3.05) is 12.4 Å². The predicted octanol–water partition coefficient (Wildman–Crippen LogP) is 1.92. The molecule has 0 saturated heterocycles. The van der Waals surface area contributed by atoms with Gasteiger partial charge in [-0.3, -0.25) is 4.79 Å². The maximum absolute atomic E-state index is 11.7. The molecule has 1 aliphatic rings. The molecule has 2 rings (SSSR count). The van der Waals surface area contributed by atoms with E-state index in [0.29, 0.717) is 29.4 Å². The van der Waals surface area contributed by atoms with Crippen LogP contribution in [0.25, 0.3) is 0 Å². The number of hydrogen-bond donors (Lipinski definition) is 1. The first-order valence-electron chi connectivity index (χ1n) is 5.95. The molecule has 96 valence electrons. The van der Waals surface area contributed by atoms with Crippen molar-refractivity contribution in [2.45, 2.75) is 26.2 Å². The Hall–Kier alpha value is -1.91. The molecule has 5 nitrogen and oxygen atoms in total. The van der Waals surface area contributed by atoms with Gasteiger partial charge in [-0.25, -0.2) is 9.78 Å². The number of carbonyl (C=O) groups excluding carboxylic acids is 2. The molecule has 0 atom stereocenters. The molecule has 1 aromatic heterocycles. The minimum Gasteiger partial charge on any atom is -0.465 e. The molecular weight excluding hydrogens is 232 g/mol. The lowest BCUT2D eigenvalue weighted by Crippen LogP contribution is -2.14. The summed E-state index contributed by atoms with van der Waals surface area (Å²) in [6.45, 7) is 1.77. The first kappa shape index (κ1) is 12.5. The van der Waals surface area contributed by atoms with Gasteiger partial charge in [0.15, 0.2) is 0 Å². The van der Waals surface area contributed by atoms with Crippen molar-refractivity contribution in [3.8, 4) is 0 Å². The number of methoxy groups -OCH3 is 1. The van der Waals surface area contributed by atoms with Crippen LogP contribution in [0.1, 0.15) is 35.3 Å². The molecule has 0 unspecified atom stereocenters. The average molecular weight is 248 g/mol. The van der Waals surface area contributed by atoms with Crippen molar-refractivity contribution < 1.29 is 14.3 Å². The van der Waals surface area contributed by atoms with Gasteiger partial charge in [-0.2, -0.15) is 0 Å². The highest BCUT2D eigenvalue weighted by molar-refractivity contribution is 5.93. The summed E-state index contributed by atoms with van der Waals surface area (Å²) < 4.78 is 4.65. The van der Waals surface area contributed by atoms with E-state index in [9.17, 15) is 9.59 Å². The fraction of sp³-hybridized carbons (Fsp3) is 0.462. The number of aromatic nitrogens is 1. The quantitative estimate of drug-likeness (QED) is 0.826. The van der Waals surface area contributed by atoms with E-state index in [-0.39, 0.29) is 5.91 Å². The van der Waals surface area contributed by atoms with Crippen LogP contribution in [-0.2, 0) is 9.53 Å². The molecule has 1 fully saturated rings. The van der Waals surface area contributed by atoms with Crippen LogP contribution in [0.3, 0.4) is 0 Å². The van der Waals surface area contributed by atoms with E-state index < -0.39 is 5.97 Å². The van der Waals surface area contributed by atoms with E-state index in [1.165, 1.54) is 13.2 Å². The van der Waals surface area contributed by atoms with Crippen molar-refractivity contribution in [1.29, 1.82) is 0 Å². The van der Waals surface area contributed by atoms with Crippen molar-refractivity contribution in [1.82, 2.24) is 4.98 Å². The number of esters is 1. The van der Waals surface area contributed by atoms with Crippen LogP contribution >= 0.6 is 0 Å². The lowest BCUT2D eigenvalue weighted by atomic mass is 10.2. The molecule has 1 N–H and O–H groups in total. The third kappa shape index (κ3) is 3.29. The number of pyridine rings is 1. The first-order chi connectivity index (χ1) is 8.58. The highest BCUT2D eigenvalue weighted by atomic mass is 16.5. The minimum atomic E-state index is -0.432. The Morgan fingerprint density at radius 2 is 2.17 bits per heavy atom. The second-order valence-electron chi connectivity index (χ2n) is 4.57. The molecule has 1 amide bonds. The van der Waals surface area contributed by atoms with Crippen LogP contribution in [0.2, 0.25) is 0 Å². The normalized spacial score (nSPS) is 14.1. The molecule has 0 aliphatic heterocycles. The fourth-order valence-electron chi connectivity index (χ4n) is 1.75. The summed E-state index contributed by atoms with van der Waals surface area (Å²) in [6.07, 6.45) is 2.79. The summed E-state index contributed by atoms with van der Waals surface area (Å²) in [6, 6.07) is 3.16. The van der Waals surface area contributed by atoms with Crippen LogP contribution in [0.5, 0.6) is 0 Å². The SMILES string of the molecule is COC(=O)c1cc(C)nc(NC(=O)CC2CC2)c1. The smallest absolute Gasteiger partial charge is 0.338 e. The maximum Gasteiger partial charge on any atom is 0.338 e. The first-order valence-corrected chi connectivity index (χ1v) is 5.95. The second kappa shape index (κ2) is 5.16. The minimum absolute atomic E-state index is 0.0496. The van der Waals surface area contributed by atoms with E-state index >= 15 is 0 Å². The van der Waals surface area contributed by atoms with Gasteiger partial charge in [0.1, 0.15) is 5.82 Å². The standard InChI is InChI=1S/C13H16N2O3/c1-8-5-10(13(17)18-2)7-11(14-8)15-12(16)6-9-3-4-9/h5,7,9H,3-4,6H2,1-2H3,(H,14,15,16). The summed E-state index contributed by atoms with van der Waals surface area (Å²) in [5, 5.41) is 2.72. The topological polar surface area (TPSA) is 68.3 Å². The Morgan fingerprint density at radius 1 is 1.44 bits per heavy atom. The van der Waals surface area contributed by atoms with Gasteiger partial charge in [-0.15, -0.1) is 0 Å². The summed E-state index contributed by atoms with van der Waals surface area (Å²) >= 11 is 0. The number of nitrogens with one attached hydrogen (secondary N) is 1. The highest BCUT2D eigenvalue weighted by Crippen LogP contribution is 2.32. The molecule has 0 radical (unpaired) electrons. The van der Waals surface area contributed by atoms with E-state index in [4.69, 9.17) is 0 Å². The third-order valence-corrected chi connectivity index (χ3v) is 2.81. The Balaban J connectivity index is 2.08. The Kier molecular flexibility index (Phi) is 3.60. The van der Waals surface area contributed by atoms with Gasteiger partial charge in [-0.05, 0) is 37.8 Å². The molecule has 18 heavy (non-hydrogen) atoms. The van der Waals surface area contributed by atoms with Gasteiger partial charge >= 0.3 is 5.97 Å². The summed E-state index contributed by atoms with van der Waals surface area (Å²) in [4.78, 5) is 27.3. The van der Waals surface area contributed by atoms with Crippen LogP contribution < -0.4 is 5.32 Å². The molecule has 0 aromatic carbocycles. The van der Waals surface area contributed by atoms with Crippen LogP contribution in [0.4, 0.5) is 5.82 Å². The Morgan fingerprint density at radius 3 is 2.78 bits per heavy atom. The predicted molar refractivity (Wildman–Crippen MR) is 66.3 cm³/mol. The largest absolute Gasteiger partial charge is 0.465 e. The molecule has 1 aromatic rings. The van der Waals surface area contributed by atoms with E-state index in [1.807, 2.05) is 0 Å². The Labute approximate surface area is 106 Å². The number of amides is 1. The number of anilines is 1. The molecule has 5 heteroatoms. The highest BCUT2D eigenvalue weighted by Gasteiger charge is 2.24. The van der Waals surface area contributed by atoms with E-state index in [1.54, 1.807) is 13.0 Å². The number of nitrogens with zero attached hydrogens (tertiary/aromatic N) is 1. The molecule has 1 aliphatic carbocycles. The number of rotatable bonds is 4. The third-order valence-electron chi connectivity index (χ3n) is 2.81.